The number of aromatic hydroxyl groups is 2. The van der Waals surface area contributed by atoms with E-state index in [1.54, 1.807) is 0 Å². The molecule has 4 nitrogen and oxygen atoms in total. The first-order chi connectivity index (χ1) is 7.00. The Bertz CT molecular complexity index is 360. The van der Waals surface area contributed by atoms with E-state index in [4.69, 9.17) is 5.11 Å². The quantitative estimate of drug-likeness (QED) is 0.658. The summed E-state index contributed by atoms with van der Waals surface area (Å²) < 4.78 is 0. The van der Waals surface area contributed by atoms with Crippen molar-refractivity contribution in [1.82, 2.24) is 0 Å². The normalized spacial score (nSPS) is 12.4. The third kappa shape index (κ3) is 3.25. The fraction of sp³-hybridized carbons (Fsp3) is 0.364. The van der Waals surface area contributed by atoms with Crippen molar-refractivity contribution >= 4 is 5.78 Å². The molecule has 0 bridgehead atoms. The molecule has 1 unspecified atom stereocenters. The predicted octanol–water partition coefficient (Wildman–Crippen LogP) is 1.50. The zero-order valence-electron chi connectivity index (χ0n) is 8.47. The fourth-order valence-electron chi connectivity index (χ4n) is 1.25. The zero-order chi connectivity index (χ0) is 11.4. The minimum atomic E-state index is -0.791. The van der Waals surface area contributed by atoms with Crippen LogP contribution >= 0.6 is 0 Å². The molecule has 4 heteroatoms. The summed E-state index contributed by atoms with van der Waals surface area (Å²) >= 11 is 0. The van der Waals surface area contributed by atoms with E-state index in [2.05, 4.69) is 0 Å². The molecule has 3 N–H and O–H groups in total. The maximum atomic E-state index is 10.7. The van der Waals surface area contributed by atoms with Gasteiger partial charge >= 0.3 is 0 Å². The van der Waals surface area contributed by atoms with Crippen LogP contribution in [0.4, 0.5) is 0 Å². The molecular formula is C11H14O4. The van der Waals surface area contributed by atoms with Crippen molar-refractivity contribution in [2.45, 2.75) is 25.9 Å². The Hall–Kier alpha value is -1.55. The van der Waals surface area contributed by atoms with Gasteiger partial charge in [-0.05, 0) is 31.0 Å². The Kier molecular flexibility index (Phi) is 3.68. The first kappa shape index (κ1) is 11.5. The van der Waals surface area contributed by atoms with Crippen LogP contribution < -0.4 is 0 Å². The van der Waals surface area contributed by atoms with E-state index in [9.17, 15) is 15.0 Å². The molecule has 1 rings (SSSR count). The van der Waals surface area contributed by atoms with Crippen molar-refractivity contribution in [3.8, 4) is 11.5 Å². The van der Waals surface area contributed by atoms with Crippen LogP contribution in [0.5, 0.6) is 11.5 Å². The van der Waals surface area contributed by atoms with E-state index in [-0.39, 0.29) is 17.3 Å². The van der Waals surface area contributed by atoms with Gasteiger partial charge in [-0.3, -0.25) is 0 Å². The predicted molar refractivity (Wildman–Crippen MR) is 54.6 cm³/mol. The molecule has 0 saturated heterocycles. The summed E-state index contributed by atoms with van der Waals surface area (Å²) in [6, 6.07) is 4.11. The number of aliphatic hydroxyl groups is 1. The third-order valence-corrected chi connectivity index (χ3v) is 2.15. The Morgan fingerprint density at radius 2 is 2.00 bits per heavy atom. The standard InChI is InChI=1S/C11H14O4/c1-7(12)2-4-9(13)8-3-5-10(14)11(15)6-8/h3,5-6,9,13-15H,2,4H2,1H3. The number of phenols is 2. The number of aliphatic hydroxyl groups excluding tert-OH is 1. The number of ketones is 1. The molecule has 0 heterocycles. The van der Waals surface area contributed by atoms with E-state index in [1.807, 2.05) is 0 Å². The Balaban J connectivity index is 2.69. The van der Waals surface area contributed by atoms with Crippen LogP contribution in [0.25, 0.3) is 0 Å². The average molecular weight is 210 g/mol. The summed E-state index contributed by atoms with van der Waals surface area (Å²) in [4.78, 5) is 10.7. The summed E-state index contributed by atoms with van der Waals surface area (Å²) in [6.45, 7) is 1.46. The second-order valence-electron chi connectivity index (χ2n) is 3.50. The molecule has 82 valence electrons. The number of phenolic OH excluding ortho intramolecular Hbond substituents is 2. The van der Waals surface area contributed by atoms with Gasteiger partial charge in [0.15, 0.2) is 11.5 Å². The zero-order valence-corrected chi connectivity index (χ0v) is 8.47. The molecule has 0 amide bonds. The molecule has 15 heavy (non-hydrogen) atoms. The second kappa shape index (κ2) is 4.79. The van der Waals surface area contributed by atoms with Crippen molar-refractivity contribution in [3.63, 3.8) is 0 Å². The highest BCUT2D eigenvalue weighted by atomic mass is 16.3. The van der Waals surface area contributed by atoms with Crippen LogP contribution in [0.15, 0.2) is 18.2 Å². The fourth-order valence-corrected chi connectivity index (χ4v) is 1.25. The highest BCUT2D eigenvalue weighted by molar-refractivity contribution is 5.75. The molecule has 0 aliphatic rings. The molecule has 0 aromatic heterocycles. The van der Waals surface area contributed by atoms with E-state index in [0.29, 0.717) is 18.4 Å². The molecule has 1 aromatic rings. The lowest BCUT2D eigenvalue weighted by Crippen LogP contribution is -2.00. The number of hydrogen-bond donors (Lipinski definition) is 3. The van der Waals surface area contributed by atoms with Crippen LogP contribution in [-0.4, -0.2) is 21.1 Å². The molecule has 0 radical (unpaired) electrons. The minimum Gasteiger partial charge on any atom is -0.504 e. The number of carbonyl (C=O) groups is 1. The highest BCUT2D eigenvalue weighted by Crippen LogP contribution is 2.29. The maximum Gasteiger partial charge on any atom is 0.157 e. The van der Waals surface area contributed by atoms with Gasteiger partial charge in [-0.25, -0.2) is 0 Å². The first-order valence-electron chi connectivity index (χ1n) is 4.70. The molecule has 1 atom stereocenters. The van der Waals surface area contributed by atoms with Crippen molar-refractivity contribution in [3.05, 3.63) is 23.8 Å². The van der Waals surface area contributed by atoms with Crippen LogP contribution in [0.1, 0.15) is 31.4 Å². The Labute approximate surface area is 87.8 Å². The summed E-state index contributed by atoms with van der Waals surface area (Å²) in [7, 11) is 0. The van der Waals surface area contributed by atoms with Crippen LogP contribution in [0.2, 0.25) is 0 Å². The number of Topliss-reactive ketones (excluding diaryl/α,β-unsaturated/α-hetero) is 1. The number of hydrogen-bond acceptors (Lipinski definition) is 4. The van der Waals surface area contributed by atoms with E-state index < -0.39 is 6.10 Å². The lowest BCUT2D eigenvalue weighted by Gasteiger charge is -2.10. The van der Waals surface area contributed by atoms with Crippen molar-refractivity contribution in [2.24, 2.45) is 0 Å². The summed E-state index contributed by atoms with van der Waals surface area (Å²) in [5, 5.41) is 27.9. The minimum absolute atomic E-state index is 0.0112. The molecular weight excluding hydrogens is 196 g/mol. The van der Waals surface area contributed by atoms with Gasteiger partial charge in [0.25, 0.3) is 0 Å². The van der Waals surface area contributed by atoms with Crippen molar-refractivity contribution < 1.29 is 20.1 Å². The van der Waals surface area contributed by atoms with Crippen LogP contribution in [0, 0.1) is 0 Å². The molecule has 0 spiro atoms. The third-order valence-electron chi connectivity index (χ3n) is 2.15. The smallest absolute Gasteiger partial charge is 0.157 e. The summed E-state index contributed by atoms with van der Waals surface area (Å²) in [6.07, 6.45) is -0.178. The number of benzene rings is 1. The molecule has 0 fully saturated rings. The van der Waals surface area contributed by atoms with Crippen molar-refractivity contribution in [2.75, 3.05) is 0 Å². The van der Waals surface area contributed by atoms with Gasteiger partial charge in [0, 0.05) is 6.42 Å². The summed E-state index contributed by atoms with van der Waals surface area (Å²) in [5.74, 6) is -0.482. The Morgan fingerprint density at radius 3 is 2.53 bits per heavy atom. The lowest BCUT2D eigenvalue weighted by atomic mass is 10.0. The first-order valence-corrected chi connectivity index (χ1v) is 4.70. The SMILES string of the molecule is CC(=O)CCC(O)c1ccc(O)c(O)c1. The second-order valence-corrected chi connectivity index (χ2v) is 3.50. The van der Waals surface area contributed by atoms with Gasteiger partial charge in [0.05, 0.1) is 6.10 Å². The average Bonchev–Trinajstić information content (AvgIpc) is 2.18. The van der Waals surface area contributed by atoms with Crippen molar-refractivity contribution in [1.29, 1.82) is 0 Å². The monoisotopic (exact) mass is 210 g/mol. The van der Waals surface area contributed by atoms with E-state index >= 15 is 0 Å². The highest BCUT2D eigenvalue weighted by Gasteiger charge is 2.10. The molecule has 1 aromatic carbocycles. The number of rotatable bonds is 4. The molecule has 0 saturated carbocycles. The van der Waals surface area contributed by atoms with Gasteiger partial charge in [0.1, 0.15) is 5.78 Å². The Morgan fingerprint density at radius 1 is 1.33 bits per heavy atom. The van der Waals surface area contributed by atoms with Gasteiger partial charge in [-0.1, -0.05) is 6.07 Å². The molecule has 0 aliphatic carbocycles. The van der Waals surface area contributed by atoms with Gasteiger partial charge < -0.3 is 20.1 Å². The van der Waals surface area contributed by atoms with E-state index in [1.165, 1.54) is 25.1 Å². The van der Waals surface area contributed by atoms with Crippen LogP contribution in [0.3, 0.4) is 0 Å². The van der Waals surface area contributed by atoms with Gasteiger partial charge in [-0.2, -0.15) is 0 Å². The largest absolute Gasteiger partial charge is 0.504 e. The number of carbonyl (C=O) groups excluding carboxylic acids is 1. The molecule has 0 aliphatic heterocycles. The lowest BCUT2D eigenvalue weighted by molar-refractivity contribution is -0.117. The van der Waals surface area contributed by atoms with Gasteiger partial charge in [0.2, 0.25) is 0 Å². The topological polar surface area (TPSA) is 77.8 Å². The van der Waals surface area contributed by atoms with Crippen LogP contribution in [-0.2, 0) is 4.79 Å². The van der Waals surface area contributed by atoms with Gasteiger partial charge in [-0.15, -0.1) is 0 Å². The van der Waals surface area contributed by atoms with E-state index in [0.717, 1.165) is 0 Å². The summed E-state index contributed by atoms with van der Waals surface area (Å²) in [5.41, 5.74) is 0.492. The maximum absolute atomic E-state index is 10.7.